The highest BCUT2D eigenvalue weighted by molar-refractivity contribution is 5.75. The van der Waals surface area contributed by atoms with Gasteiger partial charge in [0.15, 0.2) is 0 Å². The number of nitrogens with one attached hydrogen (secondary N) is 1. The second-order valence-corrected chi connectivity index (χ2v) is 4.97. The maximum atomic E-state index is 10.9. The molecule has 1 radical (unpaired) electrons. The number of carbonyl (C=O) groups excluding carboxylic acids is 1. The van der Waals surface area contributed by atoms with Crippen molar-refractivity contribution in [2.24, 2.45) is 5.92 Å². The molecule has 1 saturated heterocycles. The fourth-order valence-corrected chi connectivity index (χ4v) is 2.97. The quantitative estimate of drug-likeness (QED) is 0.696. The van der Waals surface area contributed by atoms with Crippen LogP contribution in [0.4, 0.5) is 0 Å². The lowest BCUT2D eigenvalue weighted by molar-refractivity contribution is -0.124. The Morgan fingerprint density at radius 2 is 1.60 bits per heavy atom. The zero-order valence-corrected chi connectivity index (χ0v) is 9.37. The van der Waals surface area contributed by atoms with Gasteiger partial charge in [-0.3, -0.25) is 10.5 Å². The average Bonchev–Trinajstić information content (AvgIpc) is 2.30. The molecule has 1 aliphatic heterocycles. The molecule has 3 nitrogen and oxygen atoms in total. The minimum Gasteiger partial charge on any atom is -0.300 e. The topological polar surface area (TPSA) is 44.1 Å². The van der Waals surface area contributed by atoms with Gasteiger partial charge in [-0.05, 0) is 38.8 Å². The second-order valence-electron chi connectivity index (χ2n) is 4.97. The van der Waals surface area contributed by atoms with E-state index in [1.54, 1.807) is 0 Å². The lowest BCUT2D eigenvalue weighted by atomic mass is 9.90. The van der Waals surface area contributed by atoms with E-state index >= 15 is 0 Å². The molecule has 2 rings (SSSR count). The molecule has 0 bridgehead atoms. The van der Waals surface area contributed by atoms with Crippen molar-refractivity contribution < 1.29 is 4.79 Å². The molecular weight excluding hydrogens is 188 g/mol. The van der Waals surface area contributed by atoms with E-state index < -0.39 is 0 Å². The van der Waals surface area contributed by atoms with Gasteiger partial charge in [0.25, 0.3) is 0 Å². The van der Waals surface area contributed by atoms with Crippen LogP contribution in [0.15, 0.2) is 0 Å². The molecule has 0 aromatic rings. The molecule has 1 N–H and O–H groups in total. The van der Waals surface area contributed by atoms with Crippen LogP contribution >= 0.6 is 0 Å². The number of likely N-dealkylation sites (tertiary alicyclic amines) is 1. The first-order valence-corrected chi connectivity index (χ1v) is 6.27. The third-order valence-electron chi connectivity index (χ3n) is 3.99. The first kappa shape index (κ1) is 10.9. The lowest BCUT2D eigenvalue weighted by Gasteiger charge is -2.38. The third-order valence-corrected chi connectivity index (χ3v) is 3.99. The van der Waals surface area contributed by atoms with Crippen molar-refractivity contribution in [1.82, 2.24) is 10.6 Å². The molecule has 85 valence electrons. The van der Waals surface area contributed by atoms with Crippen molar-refractivity contribution in [1.29, 1.82) is 0 Å². The van der Waals surface area contributed by atoms with Gasteiger partial charge in [0.2, 0.25) is 5.91 Å². The predicted molar refractivity (Wildman–Crippen MR) is 59.3 cm³/mol. The van der Waals surface area contributed by atoms with Gasteiger partial charge in [0, 0.05) is 12.0 Å². The summed E-state index contributed by atoms with van der Waals surface area (Å²) in [6, 6.07) is 0.778. The van der Waals surface area contributed by atoms with Crippen molar-refractivity contribution in [3.63, 3.8) is 0 Å². The highest BCUT2D eigenvalue weighted by atomic mass is 16.1. The molecule has 0 unspecified atom stereocenters. The minimum absolute atomic E-state index is 0.0323. The summed E-state index contributed by atoms with van der Waals surface area (Å²) in [7, 11) is 0. The molecule has 1 aliphatic carbocycles. The Hall–Kier alpha value is -0.570. The van der Waals surface area contributed by atoms with E-state index in [0.717, 1.165) is 32.0 Å². The number of amides is 1. The molecule has 0 atom stereocenters. The predicted octanol–water partition coefficient (Wildman–Crippen LogP) is 1.84. The van der Waals surface area contributed by atoms with E-state index in [1.807, 2.05) is 0 Å². The number of hydrogen-bond acceptors (Lipinski definition) is 2. The van der Waals surface area contributed by atoms with Gasteiger partial charge in [-0.1, -0.05) is 19.3 Å². The van der Waals surface area contributed by atoms with Crippen LogP contribution < -0.4 is 5.73 Å². The monoisotopic (exact) mass is 209 g/mol. The second kappa shape index (κ2) is 4.97. The van der Waals surface area contributed by atoms with Gasteiger partial charge in [0.1, 0.15) is 0 Å². The van der Waals surface area contributed by atoms with E-state index in [1.165, 1.54) is 32.1 Å². The Labute approximate surface area is 92.0 Å². The Bertz CT molecular complexity index is 216. The zero-order valence-electron chi connectivity index (χ0n) is 9.37. The lowest BCUT2D eigenvalue weighted by Crippen LogP contribution is -2.43. The molecular formula is C12H21N2O. The van der Waals surface area contributed by atoms with Crippen LogP contribution in [0.2, 0.25) is 0 Å². The zero-order chi connectivity index (χ0) is 10.7. The number of hydrogen-bond donors (Lipinski definition) is 0. The third kappa shape index (κ3) is 2.71. The molecule has 15 heavy (non-hydrogen) atoms. The fourth-order valence-electron chi connectivity index (χ4n) is 2.97. The molecule has 1 heterocycles. The summed E-state index contributed by atoms with van der Waals surface area (Å²) in [5.41, 5.74) is 7.12. The van der Waals surface area contributed by atoms with Crippen LogP contribution in [0.25, 0.3) is 0 Å². The van der Waals surface area contributed by atoms with Crippen LogP contribution in [-0.4, -0.2) is 29.9 Å². The van der Waals surface area contributed by atoms with Crippen molar-refractivity contribution in [2.75, 3.05) is 13.1 Å². The SMILES string of the molecule is [NH]C(=O)C1CCN(C2CCCCC2)CC1. The Balaban J connectivity index is 1.79. The summed E-state index contributed by atoms with van der Waals surface area (Å²) < 4.78 is 0. The summed E-state index contributed by atoms with van der Waals surface area (Å²) in [4.78, 5) is 13.5. The molecule has 0 aromatic heterocycles. The van der Waals surface area contributed by atoms with Gasteiger partial charge in [-0.15, -0.1) is 0 Å². The summed E-state index contributed by atoms with van der Waals surface area (Å²) in [6.45, 7) is 2.08. The molecule has 2 fully saturated rings. The molecule has 0 aromatic carbocycles. The van der Waals surface area contributed by atoms with Crippen LogP contribution in [0.1, 0.15) is 44.9 Å². The number of rotatable bonds is 2. The Morgan fingerprint density at radius 1 is 1.00 bits per heavy atom. The Kier molecular flexibility index (Phi) is 3.62. The van der Waals surface area contributed by atoms with E-state index in [9.17, 15) is 4.79 Å². The van der Waals surface area contributed by atoms with E-state index in [2.05, 4.69) is 4.90 Å². The normalized spacial score (nSPS) is 26.7. The van der Waals surface area contributed by atoms with E-state index in [0.29, 0.717) is 0 Å². The van der Waals surface area contributed by atoms with Gasteiger partial charge in [-0.2, -0.15) is 0 Å². The smallest absolute Gasteiger partial charge is 0.241 e. The van der Waals surface area contributed by atoms with Gasteiger partial charge < -0.3 is 4.90 Å². The van der Waals surface area contributed by atoms with Crippen LogP contribution in [-0.2, 0) is 4.79 Å². The summed E-state index contributed by atoms with van der Waals surface area (Å²) in [5, 5.41) is 0. The number of nitrogens with zero attached hydrogens (tertiary/aromatic N) is 1. The molecule has 1 saturated carbocycles. The van der Waals surface area contributed by atoms with E-state index in [4.69, 9.17) is 5.73 Å². The van der Waals surface area contributed by atoms with Gasteiger partial charge in [-0.25, -0.2) is 0 Å². The van der Waals surface area contributed by atoms with Crippen molar-refractivity contribution in [2.45, 2.75) is 51.0 Å². The van der Waals surface area contributed by atoms with Crippen molar-refractivity contribution in [3.05, 3.63) is 0 Å². The first-order valence-electron chi connectivity index (χ1n) is 6.27. The number of piperidine rings is 1. The summed E-state index contributed by atoms with van der Waals surface area (Å²) >= 11 is 0. The van der Waals surface area contributed by atoms with Crippen LogP contribution in [0.3, 0.4) is 0 Å². The maximum absolute atomic E-state index is 10.9. The molecule has 2 aliphatic rings. The van der Waals surface area contributed by atoms with Crippen LogP contribution in [0.5, 0.6) is 0 Å². The highest BCUT2D eigenvalue weighted by Crippen LogP contribution is 2.26. The molecule has 3 heteroatoms. The van der Waals surface area contributed by atoms with Crippen LogP contribution in [0, 0.1) is 5.92 Å². The van der Waals surface area contributed by atoms with Crippen molar-refractivity contribution in [3.8, 4) is 0 Å². The van der Waals surface area contributed by atoms with Crippen molar-refractivity contribution >= 4 is 5.91 Å². The summed E-state index contributed by atoms with van der Waals surface area (Å²) in [6.07, 6.45) is 8.68. The van der Waals surface area contributed by atoms with Gasteiger partial charge in [0.05, 0.1) is 0 Å². The standard InChI is InChI=1S/C12H21N2O/c13-12(15)10-6-8-14(9-7-10)11-4-2-1-3-5-11/h10-11,13H,1-9H2. The Morgan fingerprint density at radius 3 is 2.13 bits per heavy atom. The highest BCUT2D eigenvalue weighted by Gasteiger charge is 2.28. The first-order chi connectivity index (χ1) is 7.27. The minimum atomic E-state index is -0.349. The molecule has 1 amide bonds. The number of carbonyl (C=O) groups is 1. The van der Waals surface area contributed by atoms with Gasteiger partial charge >= 0.3 is 0 Å². The van der Waals surface area contributed by atoms with E-state index in [-0.39, 0.29) is 11.8 Å². The average molecular weight is 209 g/mol. The largest absolute Gasteiger partial charge is 0.300 e. The summed E-state index contributed by atoms with van der Waals surface area (Å²) in [5.74, 6) is -0.317. The molecule has 0 spiro atoms. The maximum Gasteiger partial charge on any atom is 0.241 e. The fraction of sp³-hybridized carbons (Fsp3) is 0.917.